The molecule has 1 amide bonds. The van der Waals surface area contributed by atoms with Crippen LogP contribution >= 0.6 is 0 Å². The maximum Gasteiger partial charge on any atom is 0.267 e. The van der Waals surface area contributed by atoms with Crippen LogP contribution in [0.4, 0.5) is 11.6 Å². The number of hydrogen-bond acceptors (Lipinski definition) is 6. The van der Waals surface area contributed by atoms with E-state index in [1.54, 1.807) is 12.3 Å². The summed E-state index contributed by atoms with van der Waals surface area (Å²) in [6, 6.07) is 9.13. The van der Waals surface area contributed by atoms with Gasteiger partial charge in [-0.2, -0.15) is 5.10 Å². The summed E-state index contributed by atoms with van der Waals surface area (Å²) >= 11 is 0. The van der Waals surface area contributed by atoms with E-state index >= 15 is 0 Å². The Morgan fingerprint density at radius 1 is 0.966 bits per heavy atom. The second kappa shape index (κ2) is 8.63. The van der Waals surface area contributed by atoms with Crippen molar-refractivity contribution in [3.63, 3.8) is 0 Å². The summed E-state index contributed by atoms with van der Waals surface area (Å²) in [6.07, 6.45) is 4.03. The highest BCUT2D eigenvalue weighted by atomic mass is 16.2. The zero-order valence-electron chi connectivity index (χ0n) is 16.9. The van der Waals surface area contributed by atoms with E-state index in [1.807, 2.05) is 23.1 Å². The molecular formula is C21H28N6O2. The molecule has 4 rings (SSSR count). The van der Waals surface area contributed by atoms with Crippen LogP contribution in [0.1, 0.15) is 19.8 Å². The van der Waals surface area contributed by atoms with Crippen molar-refractivity contribution >= 4 is 17.5 Å². The molecule has 2 aliphatic heterocycles. The van der Waals surface area contributed by atoms with Crippen LogP contribution in [-0.2, 0) is 11.3 Å². The smallest absolute Gasteiger partial charge is 0.267 e. The number of amides is 1. The molecular weight excluding hydrogens is 368 g/mol. The first-order chi connectivity index (χ1) is 14.1. The molecule has 0 unspecified atom stereocenters. The number of nitrogens with zero attached hydrogens (tertiary/aromatic N) is 6. The van der Waals surface area contributed by atoms with Gasteiger partial charge in [0.25, 0.3) is 5.56 Å². The van der Waals surface area contributed by atoms with E-state index in [-0.39, 0.29) is 18.0 Å². The minimum atomic E-state index is -0.236. The monoisotopic (exact) mass is 396 g/mol. The van der Waals surface area contributed by atoms with Gasteiger partial charge in [-0.3, -0.25) is 9.59 Å². The van der Waals surface area contributed by atoms with Crippen molar-refractivity contribution in [2.75, 3.05) is 49.1 Å². The average Bonchev–Trinajstić information content (AvgIpc) is 2.76. The molecule has 0 aromatic carbocycles. The van der Waals surface area contributed by atoms with E-state index in [0.717, 1.165) is 56.6 Å². The third-order valence-electron chi connectivity index (χ3n) is 5.85. The topological polar surface area (TPSA) is 74.6 Å². The lowest BCUT2D eigenvalue weighted by Gasteiger charge is -2.35. The molecule has 29 heavy (non-hydrogen) atoms. The molecule has 4 heterocycles. The fourth-order valence-corrected chi connectivity index (χ4v) is 3.91. The summed E-state index contributed by atoms with van der Waals surface area (Å²) in [7, 11) is 0. The Hall–Kier alpha value is -2.90. The summed E-state index contributed by atoms with van der Waals surface area (Å²) in [6.45, 7) is 6.83. The second-order valence-electron chi connectivity index (χ2n) is 7.91. The number of carbonyl (C=O) groups excluding carboxylic acids is 1. The van der Waals surface area contributed by atoms with Crippen LogP contribution in [0, 0.1) is 5.92 Å². The van der Waals surface area contributed by atoms with Gasteiger partial charge in [-0.05, 0) is 37.0 Å². The van der Waals surface area contributed by atoms with Gasteiger partial charge in [0, 0.05) is 51.5 Å². The molecule has 0 aliphatic carbocycles. The molecule has 2 saturated heterocycles. The van der Waals surface area contributed by atoms with Gasteiger partial charge in [0.05, 0.1) is 0 Å². The highest BCUT2D eigenvalue weighted by Crippen LogP contribution is 2.20. The van der Waals surface area contributed by atoms with Gasteiger partial charge in [0.2, 0.25) is 5.91 Å². The molecule has 0 saturated carbocycles. The molecule has 2 fully saturated rings. The normalized spacial score (nSPS) is 18.2. The van der Waals surface area contributed by atoms with Crippen LogP contribution in [-0.4, -0.2) is 64.8 Å². The Labute approximate surface area is 170 Å². The number of piperidine rings is 1. The van der Waals surface area contributed by atoms with Gasteiger partial charge >= 0.3 is 0 Å². The van der Waals surface area contributed by atoms with Crippen LogP contribution in [0.15, 0.2) is 41.3 Å². The maximum atomic E-state index is 12.8. The quantitative estimate of drug-likeness (QED) is 0.774. The zero-order valence-corrected chi connectivity index (χ0v) is 16.9. The van der Waals surface area contributed by atoms with Crippen LogP contribution in [0.2, 0.25) is 0 Å². The number of pyridine rings is 1. The third kappa shape index (κ3) is 4.58. The number of rotatable bonds is 4. The predicted octanol–water partition coefficient (Wildman–Crippen LogP) is 1.22. The first-order valence-corrected chi connectivity index (χ1v) is 10.4. The van der Waals surface area contributed by atoms with Gasteiger partial charge < -0.3 is 14.7 Å². The molecule has 8 nitrogen and oxygen atoms in total. The van der Waals surface area contributed by atoms with Crippen molar-refractivity contribution in [3.8, 4) is 0 Å². The predicted molar refractivity (Wildman–Crippen MR) is 112 cm³/mol. The zero-order chi connectivity index (χ0) is 20.2. The van der Waals surface area contributed by atoms with Gasteiger partial charge in [0.15, 0.2) is 0 Å². The molecule has 2 aromatic heterocycles. The molecule has 0 N–H and O–H groups in total. The summed E-state index contributed by atoms with van der Waals surface area (Å²) in [5.74, 6) is 2.37. The molecule has 0 radical (unpaired) electrons. The van der Waals surface area contributed by atoms with E-state index in [9.17, 15) is 9.59 Å². The average molecular weight is 396 g/mol. The summed E-state index contributed by atoms with van der Waals surface area (Å²) in [4.78, 5) is 35.6. The lowest BCUT2D eigenvalue weighted by atomic mass is 9.99. The van der Waals surface area contributed by atoms with E-state index < -0.39 is 0 Å². The molecule has 154 valence electrons. The molecule has 2 aromatic rings. The van der Waals surface area contributed by atoms with Crippen molar-refractivity contribution in [1.29, 1.82) is 0 Å². The SMILES string of the molecule is CC1CCN(c2ccc(=O)n(CC(=O)N3CCN(c4ccccn4)CC3)n2)CC1. The molecule has 0 bridgehead atoms. The van der Waals surface area contributed by atoms with Crippen LogP contribution in [0.3, 0.4) is 0 Å². The number of anilines is 2. The fourth-order valence-electron chi connectivity index (χ4n) is 3.91. The Bertz CT molecular complexity index is 884. The summed E-state index contributed by atoms with van der Waals surface area (Å²) in [5.41, 5.74) is -0.236. The van der Waals surface area contributed by atoms with E-state index in [2.05, 4.69) is 26.8 Å². The van der Waals surface area contributed by atoms with Crippen LogP contribution < -0.4 is 15.4 Å². The Kier molecular flexibility index (Phi) is 5.78. The van der Waals surface area contributed by atoms with E-state index in [0.29, 0.717) is 13.1 Å². The number of carbonyl (C=O) groups is 1. The minimum Gasteiger partial charge on any atom is -0.355 e. The standard InChI is InChI=1S/C21H28N6O2/c1-17-7-10-24(11-8-17)19-5-6-20(28)27(23-19)16-21(29)26-14-12-25(13-15-26)18-4-2-3-9-22-18/h2-6,9,17H,7-8,10-16H2,1H3. The number of aromatic nitrogens is 3. The minimum absolute atomic E-state index is 0.0134. The Morgan fingerprint density at radius 3 is 2.38 bits per heavy atom. The lowest BCUT2D eigenvalue weighted by Crippen LogP contribution is -2.50. The molecule has 8 heteroatoms. The van der Waals surface area contributed by atoms with Crippen LogP contribution in [0.5, 0.6) is 0 Å². The maximum absolute atomic E-state index is 12.8. The third-order valence-corrected chi connectivity index (χ3v) is 5.85. The van der Waals surface area contributed by atoms with Gasteiger partial charge in [-0.1, -0.05) is 13.0 Å². The number of hydrogen-bond donors (Lipinski definition) is 0. The highest BCUT2D eigenvalue weighted by Gasteiger charge is 2.23. The lowest BCUT2D eigenvalue weighted by molar-refractivity contribution is -0.132. The molecule has 0 spiro atoms. The van der Waals surface area contributed by atoms with Crippen LogP contribution in [0.25, 0.3) is 0 Å². The highest BCUT2D eigenvalue weighted by molar-refractivity contribution is 5.76. The van der Waals surface area contributed by atoms with Crippen molar-refractivity contribution in [3.05, 3.63) is 46.9 Å². The van der Waals surface area contributed by atoms with E-state index in [1.165, 1.54) is 10.7 Å². The van der Waals surface area contributed by atoms with Crippen molar-refractivity contribution in [1.82, 2.24) is 19.7 Å². The Morgan fingerprint density at radius 2 is 1.69 bits per heavy atom. The summed E-state index contributed by atoms with van der Waals surface area (Å²) in [5, 5.41) is 4.48. The molecule has 2 aliphatic rings. The Balaban J connectivity index is 1.37. The fraction of sp³-hybridized carbons (Fsp3) is 0.524. The summed E-state index contributed by atoms with van der Waals surface area (Å²) < 4.78 is 1.31. The van der Waals surface area contributed by atoms with Gasteiger partial charge in [0.1, 0.15) is 18.2 Å². The van der Waals surface area contributed by atoms with Gasteiger partial charge in [-0.25, -0.2) is 9.67 Å². The van der Waals surface area contributed by atoms with E-state index in [4.69, 9.17) is 0 Å². The number of piperazine rings is 1. The van der Waals surface area contributed by atoms with Crippen molar-refractivity contribution < 1.29 is 4.79 Å². The molecule has 0 atom stereocenters. The van der Waals surface area contributed by atoms with Crippen molar-refractivity contribution in [2.45, 2.75) is 26.3 Å². The van der Waals surface area contributed by atoms with Gasteiger partial charge in [-0.15, -0.1) is 0 Å². The second-order valence-corrected chi connectivity index (χ2v) is 7.91. The first-order valence-electron chi connectivity index (χ1n) is 10.4. The largest absolute Gasteiger partial charge is 0.355 e. The van der Waals surface area contributed by atoms with Crippen molar-refractivity contribution in [2.24, 2.45) is 5.92 Å². The first kappa shape index (κ1) is 19.4.